The van der Waals surface area contributed by atoms with Crippen LogP contribution in [0.3, 0.4) is 0 Å². The van der Waals surface area contributed by atoms with E-state index in [-0.39, 0.29) is 5.91 Å². The van der Waals surface area contributed by atoms with E-state index in [1.165, 1.54) is 9.75 Å². The second kappa shape index (κ2) is 6.33. The molecule has 0 fully saturated rings. The van der Waals surface area contributed by atoms with E-state index in [4.69, 9.17) is 5.73 Å². The van der Waals surface area contributed by atoms with E-state index in [1.807, 2.05) is 0 Å². The highest BCUT2D eigenvalue weighted by Gasteiger charge is 2.04. The molecule has 0 bridgehead atoms. The zero-order chi connectivity index (χ0) is 13.7. The Balaban J connectivity index is 1.74. The summed E-state index contributed by atoms with van der Waals surface area (Å²) in [5, 5.41) is 2.81. The first-order chi connectivity index (χ1) is 9.13. The van der Waals surface area contributed by atoms with Crippen LogP contribution in [0, 0.1) is 6.92 Å². The van der Waals surface area contributed by atoms with Crippen LogP contribution in [0.15, 0.2) is 30.5 Å². The molecular formula is C14H17N3OS. The van der Waals surface area contributed by atoms with Crippen LogP contribution in [-0.4, -0.2) is 10.9 Å². The largest absolute Gasteiger partial charge is 0.384 e. The number of aromatic nitrogens is 1. The van der Waals surface area contributed by atoms with Crippen molar-refractivity contribution in [3.8, 4) is 0 Å². The number of hydrogen-bond acceptors (Lipinski definition) is 4. The molecule has 0 saturated carbocycles. The number of rotatable bonds is 5. The summed E-state index contributed by atoms with van der Waals surface area (Å²) in [4.78, 5) is 18.3. The molecule has 0 radical (unpaired) electrons. The van der Waals surface area contributed by atoms with E-state index in [9.17, 15) is 4.79 Å². The quantitative estimate of drug-likeness (QED) is 0.881. The Bertz CT molecular complexity index is 548. The Labute approximate surface area is 116 Å². The van der Waals surface area contributed by atoms with Crippen molar-refractivity contribution >= 4 is 28.7 Å². The number of anilines is 2. The first-order valence-electron chi connectivity index (χ1n) is 6.20. The Morgan fingerprint density at radius 1 is 1.37 bits per heavy atom. The monoisotopic (exact) mass is 275 g/mol. The second-order valence-electron chi connectivity index (χ2n) is 4.39. The molecule has 0 aromatic carbocycles. The molecular weight excluding hydrogens is 258 g/mol. The number of carbonyl (C=O) groups excluding carboxylic acids is 1. The normalized spacial score (nSPS) is 10.4. The molecule has 100 valence electrons. The number of nitrogens with zero attached hydrogens (tertiary/aromatic N) is 1. The van der Waals surface area contributed by atoms with Crippen molar-refractivity contribution in [1.29, 1.82) is 0 Å². The van der Waals surface area contributed by atoms with E-state index in [1.54, 1.807) is 29.7 Å². The average Bonchev–Trinajstić information content (AvgIpc) is 2.78. The number of thiophene rings is 1. The molecule has 2 aromatic heterocycles. The minimum absolute atomic E-state index is 0.0137. The smallest absolute Gasteiger partial charge is 0.224 e. The Morgan fingerprint density at radius 3 is 2.84 bits per heavy atom. The van der Waals surface area contributed by atoms with Gasteiger partial charge in [-0.15, -0.1) is 11.3 Å². The molecule has 0 aliphatic rings. The van der Waals surface area contributed by atoms with E-state index in [0.29, 0.717) is 17.9 Å². The SMILES string of the molecule is Cc1ccc(CCCC(=O)Nc2ccc(N)nc2)s1. The third-order valence-electron chi connectivity index (χ3n) is 2.69. The third-order valence-corrected chi connectivity index (χ3v) is 3.75. The van der Waals surface area contributed by atoms with Crippen LogP contribution in [0.4, 0.5) is 11.5 Å². The van der Waals surface area contributed by atoms with Gasteiger partial charge in [-0.1, -0.05) is 0 Å². The number of nitrogen functional groups attached to an aromatic ring is 1. The summed E-state index contributed by atoms with van der Waals surface area (Å²) in [6, 6.07) is 7.66. The molecule has 0 aliphatic carbocycles. The number of amides is 1. The van der Waals surface area contributed by atoms with Gasteiger partial charge in [0.25, 0.3) is 0 Å². The fraction of sp³-hybridized carbons (Fsp3) is 0.286. The van der Waals surface area contributed by atoms with Gasteiger partial charge < -0.3 is 11.1 Å². The summed E-state index contributed by atoms with van der Waals surface area (Å²) in [5.41, 5.74) is 6.17. The molecule has 3 N–H and O–H groups in total. The van der Waals surface area contributed by atoms with Gasteiger partial charge in [-0.2, -0.15) is 0 Å². The maximum Gasteiger partial charge on any atom is 0.224 e. The van der Waals surface area contributed by atoms with Gasteiger partial charge in [0.1, 0.15) is 5.82 Å². The topological polar surface area (TPSA) is 68.0 Å². The van der Waals surface area contributed by atoms with Crippen LogP contribution < -0.4 is 11.1 Å². The van der Waals surface area contributed by atoms with Gasteiger partial charge in [0.15, 0.2) is 0 Å². The minimum atomic E-state index is 0.0137. The maximum absolute atomic E-state index is 11.7. The number of carbonyl (C=O) groups is 1. The zero-order valence-corrected chi connectivity index (χ0v) is 11.7. The van der Waals surface area contributed by atoms with Crippen LogP contribution in [-0.2, 0) is 11.2 Å². The second-order valence-corrected chi connectivity index (χ2v) is 5.76. The van der Waals surface area contributed by atoms with Gasteiger partial charge in [0, 0.05) is 16.2 Å². The number of pyridine rings is 1. The van der Waals surface area contributed by atoms with E-state index < -0.39 is 0 Å². The van der Waals surface area contributed by atoms with Crippen molar-refractivity contribution in [1.82, 2.24) is 4.98 Å². The lowest BCUT2D eigenvalue weighted by molar-refractivity contribution is -0.116. The van der Waals surface area contributed by atoms with Crippen LogP contribution in [0.5, 0.6) is 0 Å². The van der Waals surface area contributed by atoms with Gasteiger partial charge in [-0.25, -0.2) is 4.98 Å². The maximum atomic E-state index is 11.7. The van der Waals surface area contributed by atoms with Crippen molar-refractivity contribution in [2.75, 3.05) is 11.1 Å². The van der Waals surface area contributed by atoms with Crippen LogP contribution in [0.1, 0.15) is 22.6 Å². The molecule has 19 heavy (non-hydrogen) atoms. The summed E-state index contributed by atoms with van der Waals surface area (Å²) >= 11 is 1.79. The Morgan fingerprint density at radius 2 is 2.21 bits per heavy atom. The minimum Gasteiger partial charge on any atom is -0.384 e. The first kappa shape index (κ1) is 13.5. The van der Waals surface area contributed by atoms with Gasteiger partial charge in [-0.3, -0.25) is 4.79 Å². The predicted octanol–water partition coefficient (Wildman–Crippen LogP) is 3.00. The fourth-order valence-electron chi connectivity index (χ4n) is 1.75. The van der Waals surface area contributed by atoms with Crippen molar-refractivity contribution in [2.45, 2.75) is 26.2 Å². The summed E-state index contributed by atoms with van der Waals surface area (Å²) in [5.74, 6) is 0.464. The Hall–Kier alpha value is -1.88. The summed E-state index contributed by atoms with van der Waals surface area (Å²) < 4.78 is 0. The lowest BCUT2D eigenvalue weighted by Gasteiger charge is -2.04. The number of aryl methyl sites for hydroxylation is 2. The summed E-state index contributed by atoms with van der Waals surface area (Å²) in [6.07, 6.45) is 3.89. The Kier molecular flexibility index (Phi) is 4.52. The van der Waals surface area contributed by atoms with Crippen LogP contribution in [0.25, 0.3) is 0 Å². The number of nitrogens with one attached hydrogen (secondary N) is 1. The van der Waals surface area contributed by atoms with Crippen molar-refractivity contribution in [3.05, 3.63) is 40.2 Å². The summed E-state index contributed by atoms with van der Waals surface area (Å²) in [7, 11) is 0. The fourth-order valence-corrected chi connectivity index (χ4v) is 2.68. The molecule has 0 aliphatic heterocycles. The van der Waals surface area contributed by atoms with Crippen molar-refractivity contribution < 1.29 is 4.79 Å². The van der Waals surface area contributed by atoms with E-state index in [2.05, 4.69) is 29.4 Å². The standard InChI is InChI=1S/C14H17N3OS/c1-10-5-7-12(19-10)3-2-4-14(18)17-11-6-8-13(15)16-9-11/h5-9H,2-4H2,1H3,(H2,15,16)(H,17,18). The zero-order valence-electron chi connectivity index (χ0n) is 10.8. The predicted molar refractivity (Wildman–Crippen MR) is 79.3 cm³/mol. The van der Waals surface area contributed by atoms with Crippen molar-refractivity contribution in [3.63, 3.8) is 0 Å². The highest BCUT2D eigenvalue weighted by atomic mass is 32.1. The molecule has 2 aromatic rings. The van der Waals surface area contributed by atoms with Crippen LogP contribution >= 0.6 is 11.3 Å². The molecule has 0 spiro atoms. The molecule has 4 nitrogen and oxygen atoms in total. The highest BCUT2D eigenvalue weighted by molar-refractivity contribution is 7.11. The molecule has 1 amide bonds. The molecule has 5 heteroatoms. The molecule has 0 saturated heterocycles. The number of hydrogen-bond donors (Lipinski definition) is 2. The van der Waals surface area contributed by atoms with Gasteiger partial charge in [0.2, 0.25) is 5.91 Å². The molecule has 2 rings (SSSR count). The highest BCUT2D eigenvalue weighted by Crippen LogP contribution is 2.17. The van der Waals surface area contributed by atoms with Gasteiger partial charge >= 0.3 is 0 Å². The van der Waals surface area contributed by atoms with E-state index in [0.717, 1.165) is 12.8 Å². The first-order valence-corrected chi connectivity index (χ1v) is 7.02. The van der Waals surface area contributed by atoms with Crippen LogP contribution in [0.2, 0.25) is 0 Å². The third kappa shape index (κ3) is 4.37. The lowest BCUT2D eigenvalue weighted by Crippen LogP contribution is -2.11. The molecule has 0 unspecified atom stereocenters. The number of nitrogens with two attached hydrogens (primary N) is 1. The molecule has 0 atom stereocenters. The average molecular weight is 275 g/mol. The van der Waals surface area contributed by atoms with Gasteiger partial charge in [0.05, 0.1) is 11.9 Å². The lowest BCUT2D eigenvalue weighted by atomic mass is 10.2. The summed E-state index contributed by atoms with van der Waals surface area (Å²) in [6.45, 7) is 2.09. The van der Waals surface area contributed by atoms with Crippen molar-refractivity contribution in [2.24, 2.45) is 0 Å². The van der Waals surface area contributed by atoms with Gasteiger partial charge in [-0.05, 0) is 44.0 Å². The van der Waals surface area contributed by atoms with E-state index >= 15 is 0 Å². The molecule has 2 heterocycles.